The van der Waals surface area contributed by atoms with E-state index in [4.69, 9.17) is 0 Å². The highest BCUT2D eigenvalue weighted by Gasteiger charge is 2.17. The Morgan fingerprint density at radius 1 is 1.53 bits per heavy atom. The van der Waals surface area contributed by atoms with E-state index in [2.05, 4.69) is 10.6 Å². The number of benzene rings is 1. The number of carbonyl (C=O) groups is 1. The molecule has 1 saturated heterocycles. The second-order valence-corrected chi connectivity index (χ2v) is 4.48. The van der Waals surface area contributed by atoms with E-state index in [1.165, 1.54) is 5.56 Å². The number of hydrogen-bond donors (Lipinski definition) is 2. The fourth-order valence-electron chi connectivity index (χ4n) is 2.09. The predicted molar refractivity (Wildman–Crippen MR) is 72.7 cm³/mol. The Morgan fingerprint density at radius 3 is 3.00 bits per heavy atom. The molecule has 3 nitrogen and oxygen atoms in total. The third-order valence-electron chi connectivity index (χ3n) is 2.94. The molecule has 4 heteroatoms. The minimum Gasteiger partial charge on any atom is -0.326 e. The summed E-state index contributed by atoms with van der Waals surface area (Å²) in [6.07, 6.45) is 1.74. The second-order valence-electron chi connectivity index (χ2n) is 4.48. The van der Waals surface area contributed by atoms with Crippen molar-refractivity contribution in [2.75, 3.05) is 18.4 Å². The molecule has 1 aliphatic rings. The van der Waals surface area contributed by atoms with Gasteiger partial charge in [-0.25, -0.2) is 0 Å². The van der Waals surface area contributed by atoms with Crippen molar-refractivity contribution in [2.24, 2.45) is 5.92 Å². The summed E-state index contributed by atoms with van der Waals surface area (Å²) >= 11 is 0. The van der Waals surface area contributed by atoms with Crippen LogP contribution in [0.1, 0.15) is 18.4 Å². The number of aryl methyl sites for hydroxylation is 1. The van der Waals surface area contributed by atoms with Crippen LogP contribution in [0.3, 0.4) is 0 Å². The summed E-state index contributed by atoms with van der Waals surface area (Å²) in [7, 11) is 0. The maximum atomic E-state index is 11.7. The van der Waals surface area contributed by atoms with Gasteiger partial charge in [0, 0.05) is 12.1 Å². The summed E-state index contributed by atoms with van der Waals surface area (Å²) in [5, 5.41) is 6.21. The van der Waals surface area contributed by atoms with Crippen LogP contribution in [0, 0.1) is 12.8 Å². The lowest BCUT2D eigenvalue weighted by molar-refractivity contribution is -0.116. The van der Waals surface area contributed by atoms with Crippen LogP contribution in [-0.4, -0.2) is 19.0 Å². The van der Waals surface area contributed by atoms with E-state index in [9.17, 15) is 4.79 Å². The lowest BCUT2D eigenvalue weighted by Gasteiger charge is -2.09. The zero-order chi connectivity index (χ0) is 11.4. The number of rotatable bonds is 3. The average Bonchev–Trinajstić information content (AvgIpc) is 2.70. The number of carbonyl (C=O) groups excluding carboxylic acids is 1. The van der Waals surface area contributed by atoms with Gasteiger partial charge in [0.05, 0.1) is 0 Å². The molecule has 0 bridgehead atoms. The number of hydrogen-bond acceptors (Lipinski definition) is 2. The van der Waals surface area contributed by atoms with Crippen molar-refractivity contribution >= 4 is 24.0 Å². The largest absolute Gasteiger partial charge is 0.326 e. The monoisotopic (exact) mass is 254 g/mol. The van der Waals surface area contributed by atoms with Gasteiger partial charge in [-0.2, -0.15) is 0 Å². The minimum atomic E-state index is 0. The first-order chi connectivity index (χ1) is 7.74. The molecular weight excluding hydrogens is 236 g/mol. The van der Waals surface area contributed by atoms with E-state index in [1.54, 1.807) is 0 Å². The van der Waals surface area contributed by atoms with Crippen molar-refractivity contribution in [1.29, 1.82) is 0 Å². The number of amides is 1. The van der Waals surface area contributed by atoms with Crippen LogP contribution in [0.4, 0.5) is 5.69 Å². The maximum absolute atomic E-state index is 11.7. The van der Waals surface area contributed by atoms with E-state index in [0.29, 0.717) is 12.3 Å². The van der Waals surface area contributed by atoms with Crippen LogP contribution in [0.2, 0.25) is 0 Å². The van der Waals surface area contributed by atoms with Crippen molar-refractivity contribution in [1.82, 2.24) is 5.32 Å². The van der Waals surface area contributed by atoms with Gasteiger partial charge in [-0.3, -0.25) is 4.79 Å². The van der Waals surface area contributed by atoms with Gasteiger partial charge in [0.15, 0.2) is 0 Å². The highest BCUT2D eigenvalue weighted by molar-refractivity contribution is 5.90. The van der Waals surface area contributed by atoms with E-state index in [1.807, 2.05) is 31.2 Å². The standard InChI is InChI=1S/C13H18N2O.ClH/c1-10-3-2-4-12(7-10)15-13(16)8-11-5-6-14-9-11;/h2-4,7,11,14H,5-6,8-9H2,1H3,(H,15,16);1H. The van der Waals surface area contributed by atoms with Gasteiger partial charge in [-0.15, -0.1) is 12.4 Å². The molecule has 17 heavy (non-hydrogen) atoms. The first kappa shape index (κ1) is 14.0. The summed E-state index contributed by atoms with van der Waals surface area (Å²) in [6, 6.07) is 7.90. The molecule has 1 amide bonds. The molecule has 1 atom stereocenters. The Hall–Kier alpha value is -1.06. The van der Waals surface area contributed by atoms with Crippen LogP contribution in [0.5, 0.6) is 0 Å². The third kappa shape index (κ3) is 4.36. The first-order valence-electron chi connectivity index (χ1n) is 5.81. The van der Waals surface area contributed by atoms with Crippen molar-refractivity contribution in [3.8, 4) is 0 Å². The molecule has 0 radical (unpaired) electrons. The smallest absolute Gasteiger partial charge is 0.224 e. The van der Waals surface area contributed by atoms with Gasteiger partial charge in [0.25, 0.3) is 0 Å². The Labute approximate surface area is 108 Å². The first-order valence-corrected chi connectivity index (χ1v) is 5.81. The number of anilines is 1. The second kappa shape index (κ2) is 6.62. The molecule has 0 aromatic heterocycles. The van der Waals surface area contributed by atoms with Crippen LogP contribution < -0.4 is 10.6 Å². The van der Waals surface area contributed by atoms with Gasteiger partial charge in [-0.1, -0.05) is 12.1 Å². The zero-order valence-corrected chi connectivity index (χ0v) is 10.8. The lowest BCUT2D eigenvalue weighted by Crippen LogP contribution is -2.18. The quantitative estimate of drug-likeness (QED) is 0.870. The van der Waals surface area contributed by atoms with E-state index in [0.717, 1.165) is 25.2 Å². The molecule has 1 aromatic rings. The van der Waals surface area contributed by atoms with Crippen molar-refractivity contribution < 1.29 is 4.79 Å². The lowest BCUT2D eigenvalue weighted by atomic mass is 10.0. The summed E-state index contributed by atoms with van der Waals surface area (Å²) in [6.45, 7) is 4.04. The molecule has 94 valence electrons. The van der Waals surface area contributed by atoms with E-state index >= 15 is 0 Å². The van der Waals surface area contributed by atoms with Crippen molar-refractivity contribution in [3.05, 3.63) is 29.8 Å². The molecule has 2 rings (SSSR count). The molecule has 2 N–H and O–H groups in total. The summed E-state index contributed by atoms with van der Waals surface area (Å²) < 4.78 is 0. The maximum Gasteiger partial charge on any atom is 0.224 e. The van der Waals surface area contributed by atoms with E-state index < -0.39 is 0 Å². The number of nitrogens with one attached hydrogen (secondary N) is 2. The summed E-state index contributed by atoms with van der Waals surface area (Å²) in [4.78, 5) is 11.7. The summed E-state index contributed by atoms with van der Waals surface area (Å²) in [5.41, 5.74) is 2.07. The Balaban J connectivity index is 0.00000144. The number of halogens is 1. The molecule has 0 aliphatic carbocycles. The van der Waals surface area contributed by atoms with Gasteiger partial charge >= 0.3 is 0 Å². The topological polar surface area (TPSA) is 41.1 Å². The Bertz CT molecular complexity index is 375. The van der Waals surface area contributed by atoms with Crippen LogP contribution in [0.15, 0.2) is 24.3 Å². The molecule has 1 unspecified atom stereocenters. The van der Waals surface area contributed by atoms with Gasteiger partial charge < -0.3 is 10.6 Å². The van der Waals surface area contributed by atoms with Gasteiger partial charge in [0.2, 0.25) is 5.91 Å². The van der Waals surface area contributed by atoms with Gasteiger partial charge in [-0.05, 0) is 50.0 Å². The van der Waals surface area contributed by atoms with E-state index in [-0.39, 0.29) is 18.3 Å². The molecule has 1 heterocycles. The normalized spacial score (nSPS) is 18.5. The molecule has 0 saturated carbocycles. The Morgan fingerprint density at radius 2 is 2.35 bits per heavy atom. The van der Waals surface area contributed by atoms with Gasteiger partial charge in [0.1, 0.15) is 0 Å². The average molecular weight is 255 g/mol. The third-order valence-corrected chi connectivity index (χ3v) is 2.94. The fraction of sp³-hybridized carbons (Fsp3) is 0.462. The van der Waals surface area contributed by atoms with Crippen LogP contribution in [0.25, 0.3) is 0 Å². The molecule has 1 aromatic carbocycles. The Kier molecular flexibility index (Phi) is 5.45. The SMILES string of the molecule is Cc1cccc(NC(=O)CC2CCNC2)c1.Cl. The van der Waals surface area contributed by atoms with Crippen LogP contribution >= 0.6 is 12.4 Å². The fourth-order valence-corrected chi connectivity index (χ4v) is 2.09. The summed E-state index contributed by atoms with van der Waals surface area (Å²) in [5.74, 6) is 0.629. The van der Waals surface area contributed by atoms with Crippen molar-refractivity contribution in [2.45, 2.75) is 19.8 Å². The highest BCUT2D eigenvalue weighted by Crippen LogP contribution is 2.15. The molecule has 0 spiro atoms. The highest BCUT2D eigenvalue weighted by atomic mass is 35.5. The predicted octanol–water partition coefficient (Wildman–Crippen LogP) is 2.35. The molecular formula is C13H19ClN2O. The molecule has 1 aliphatic heterocycles. The zero-order valence-electron chi connectivity index (χ0n) is 10.0. The minimum absolute atomic E-state index is 0. The van der Waals surface area contributed by atoms with Crippen LogP contribution in [-0.2, 0) is 4.79 Å². The molecule has 1 fully saturated rings. The van der Waals surface area contributed by atoms with Crippen molar-refractivity contribution in [3.63, 3.8) is 0 Å².